The number of carbonyl (C=O) groups excluding carboxylic acids is 1. The Labute approximate surface area is 196 Å². The van der Waals surface area contributed by atoms with Crippen molar-refractivity contribution in [2.45, 2.75) is 26.4 Å². The van der Waals surface area contributed by atoms with Gasteiger partial charge in [0.05, 0.1) is 25.9 Å². The lowest BCUT2D eigenvalue weighted by atomic mass is 10.0. The molecule has 6 nitrogen and oxygen atoms in total. The maximum atomic E-state index is 11.8. The molecule has 32 heavy (non-hydrogen) atoms. The van der Waals surface area contributed by atoms with Crippen LogP contribution in [-0.4, -0.2) is 20.2 Å². The van der Waals surface area contributed by atoms with Crippen LogP contribution in [0, 0.1) is 11.3 Å². The van der Waals surface area contributed by atoms with Crippen molar-refractivity contribution in [3.05, 3.63) is 57.6 Å². The van der Waals surface area contributed by atoms with Gasteiger partial charge in [-0.15, -0.1) is 0 Å². The highest BCUT2D eigenvalue weighted by molar-refractivity contribution is 6.35. The van der Waals surface area contributed by atoms with Gasteiger partial charge in [-0.2, -0.15) is 5.26 Å². The Bertz CT molecular complexity index is 1220. The number of carbonyl (C=O) groups is 1. The lowest BCUT2D eigenvalue weighted by Crippen LogP contribution is -2.10. The van der Waals surface area contributed by atoms with E-state index < -0.39 is 12.1 Å². The third-order valence-corrected chi connectivity index (χ3v) is 5.41. The van der Waals surface area contributed by atoms with Crippen LogP contribution in [0.15, 0.2) is 36.4 Å². The Kier molecular flexibility index (Phi) is 7.34. The molecular weight excluding hydrogens is 453 g/mol. The summed E-state index contributed by atoms with van der Waals surface area (Å²) >= 11 is 12.5. The van der Waals surface area contributed by atoms with Crippen molar-refractivity contribution in [1.82, 2.24) is 0 Å². The SMILES string of the molecule is CCC(Oc1c(OC)c(OC)c(OC(C)=O)c2ccc(C#N)cc12)c1ccc(Cl)cc1Cl. The highest BCUT2D eigenvalue weighted by atomic mass is 35.5. The first-order chi connectivity index (χ1) is 15.3. The van der Waals surface area contributed by atoms with Gasteiger partial charge in [0, 0.05) is 33.3 Å². The quantitative estimate of drug-likeness (QED) is 0.288. The molecule has 1 unspecified atom stereocenters. The van der Waals surface area contributed by atoms with Crippen molar-refractivity contribution in [2.75, 3.05) is 14.2 Å². The summed E-state index contributed by atoms with van der Waals surface area (Å²) in [6, 6.07) is 12.3. The first-order valence-corrected chi connectivity index (χ1v) is 10.5. The highest BCUT2D eigenvalue weighted by Gasteiger charge is 2.27. The minimum Gasteiger partial charge on any atom is -0.490 e. The zero-order chi connectivity index (χ0) is 23.4. The number of hydrogen-bond donors (Lipinski definition) is 0. The molecule has 0 fully saturated rings. The van der Waals surface area contributed by atoms with Crippen molar-refractivity contribution in [3.8, 4) is 29.1 Å². The summed E-state index contributed by atoms with van der Waals surface area (Å²) in [6.45, 7) is 3.25. The number of esters is 1. The number of methoxy groups -OCH3 is 2. The standard InChI is InChI=1S/C24H21Cl2NO5/c1-5-20(17-9-7-15(25)11-19(17)26)32-22-18-10-14(12-27)6-8-16(18)21(31-13(2)28)23(29-3)24(22)30-4/h6-11,20H,5H2,1-4H3. The van der Waals surface area contributed by atoms with Crippen LogP contribution in [0.5, 0.6) is 23.0 Å². The van der Waals surface area contributed by atoms with Gasteiger partial charge in [-0.3, -0.25) is 4.79 Å². The van der Waals surface area contributed by atoms with Gasteiger partial charge in [-0.05, 0) is 36.8 Å². The fourth-order valence-corrected chi connectivity index (χ4v) is 3.99. The Morgan fingerprint density at radius 3 is 2.25 bits per heavy atom. The number of hydrogen-bond acceptors (Lipinski definition) is 6. The second-order valence-electron chi connectivity index (χ2n) is 6.87. The largest absolute Gasteiger partial charge is 0.490 e. The molecule has 0 bridgehead atoms. The normalized spacial score (nSPS) is 11.5. The molecule has 0 aliphatic carbocycles. The van der Waals surface area contributed by atoms with Crippen LogP contribution < -0.4 is 18.9 Å². The van der Waals surface area contributed by atoms with Crippen molar-refractivity contribution in [2.24, 2.45) is 0 Å². The summed E-state index contributed by atoms with van der Waals surface area (Å²) in [5.74, 6) is 0.428. The molecular formula is C24H21Cl2NO5. The second kappa shape index (κ2) is 9.99. The van der Waals surface area contributed by atoms with Crippen LogP contribution in [0.25, 0.3) is 10.8 Å². The zero-order valence-corrected chi connectivity index (χ0v) is 19.5. The van der Waals surface area contributed by atoms with E-state index in [4.69, 9.17) is 42.1 Å². The molecule has 166 valence electrons. The van der Waals surface area contributed by atoms with E-state index in [1.807, 2.05) is 6.92 Å². The second-order valence-corrected chi connectivity index (χ2v) is 7.71. The number of benzene rings is 3. The highest BCUT2D eigenvalue weighted by Crippen LogP contribution is 2.52. The molecule has 8 heteroatoms. The molecule has 3 aromatic rings. The van der Waals surface area contributed by atoms with Crippen molar-refractivity contribution in [3.63, 3.8) is 0 Å². The van der Waals surface area contributed by atoms with E-state index in [2.05, 4.69) is 6.07 Å². The fraction of sp³-hybridized carbons (Fsp3) is 0.250. The molecule has 3 aromatic carbocycles. The summed E-state index contributed by atoms with van der Waals surface area (Å²) in [5.41, 5.74) is 1.15. The van der Waals surface area contributed by atoms with Crippen molar-refractivity contribution < 1.29 is 23.7 Å². The van der Waals surface area contributed by atoms with E-state index in [-0.39, 0.29) is 17.2 Å². The molecule has 0 spiro atoms. The molecule has 1 atom stereocenters. The van der Waals surface area contributed by atoms with Crippen LogP contribution in [0.4, 0.5) is 0 Å². The molecule has 3 rings (SSSR count). The molecule has 0 radical (unpaired) electrons. The smallest absolute Gasteiger partial charge is 0.308 e. The Hall–Kier alpha value is -3.14. The summed E-state index contributed by atoms with van der Waals surface area (Å²) in [6.07, 6.45) is 0.129. The molecule has 0 amide bonds. The van der Waals surface area contributed by atoms with Gasteiger partial charge < -0.3 is 18.9 Å². The summed E-state index contributed by atoms with van der Waals surface area (Å²) < 4.78 is 23.0. The van der Waals surface area contributed by atoms with Gasteiger partial charge in [0.1, 0.15) is 6.10 Å². The summed E-state index contributed by atoms with van der Waals surface area (Å²) in [4.78, 5) is 11.8. The molecule has 0 aliphatic rings. The molecule has 0 heterocycles. The van der Waals surface area contributed by atoms with Gasteiger partial charge in [0.15, 0.2) is 11.5 Å². The van der Waals surface area contributed by atoms with E-state index in [0.717, 1.165) is 5.56 Å². The first-order valence-electron chi connectivity index (χ1n) is 9.76. The van der Waals surface area contributed by atoms with E-state index in [9.17, 15) is 10.1 Å². The van der Waals surface area contributed by atoms with Crippen molar-refractivity contribution >= 4 is 39.9 Å². The Morgan fingerprint density at radius 2 is 1.69 bits per heavy atom. The van der Waals surface area contributed by atoms with Crippen LogP contribution in [0.3, 0.4) is 0 Å². The lowest BCUT2D eigenvalue weighted by molar-refractivity contribution is -0.131. The number of nitrogens with zero attached hydrogens (tertiary/aromatic N) is 1. The third kappa shape index (κ3) is 4.55. The number of nitriles is 1. The van der Waals surface area contributed by atoms with E-state index in [0.29, 0.717) is 38.6 Å². The van der Waals surface area contributed by atoms with Crippen molar-refractivity contribution in [1.29, 1.82) is 5.26 Å². The van der Waals surface area contributed by atoms with Crippen LogP contribution in [-0.2, 0) is 4.79 Å². The summed E-state index contributed by atoms with van der Waals surface area (Å²) in [5, 5.41) is 11.5. The minimum atomic E-state index is -0.524. The number of fused-ring (bicyclic) bond motifs is 1. The lowest BCUT2D eigenvalue weighted by Gasteiger charge is -2.24. The molecule has 0 aromatic heterocycles. The molecule has 0 saturated carbocycles. The van der Waals surface area contributed by atoms with Gasteiger partial charge in [0.25, 0.3) is 0 Å². The predicted octanol–water partition coefficient (Wildman–Crippen LogP) is 6.49. The third-order valence-electron chi connectivity index (χ3n) is 4.85. The van der Waals surface area contributed by atoms with E-state index in [1.165, 1.54) is 21.1 Å². The van der Waals surface area contributed by atoms with Gasteiger partial charge in [-0.25, -0.2) is 0 Å². The van der Waals surface area contributed by atoms with Crippen LogP contribution in [0.2, 0.25) is 10.0 Å². The Morgan fingerprint density at radius 1 is 1.00 bits per heavy atom. The summed E-state index contributed by atoms with van der Waals surface area (Å²) in [7, 11) is 2.90. The van der Waals surface area contributed by atoms with Crippen LogP contribution in [0.1, 0.15) is 37.5 Å². The minimum absolute atomic E-state index is 0.182. The number of ether oxygens (including phenoxy) is 4. The molecule has 0 N–H and O–H groups in total. The van der Waals surface area contributed by atoms with Crippen LogP contribution >= 0.6 is 23.2 Å². The maximum Gasteiger partial charge on any atom is 0.308 e. The Balaban J connectivity index is 2.30. The van der Waals surface area contributed by atoms with Gasteiger partial charge in [0.2, 0.25) is 11.5 Å². The number of rotatable bonds is 7. The maximum absolute atomic E-state index is 11.8. The zero-order valence-electron chi connectivity index (χ0n) is 18.0. The average Bonchev–Trinajstić information content (AvgIpc) is 2.77. The van der Waals surface area contributed by atoms with Gasteiger partial charge in [-0.1, -0.05) is 36.2 Å². The molecule has 0 saturated heterocycles. The predicted molar refractivity (Wildman–Crippen MR) is 123 cm³/mol. The van der Waals surface area contributed by atoms with E-state index >= 15 is 0 Å². The first kappa shape index (κ1) is 23.5. The molecule has 0 aliphatic heterocycles. The topological polar surface area (TPSA) is 77.8 Å². The number of halogens is 2. The monoisotopic (exact) mass is 473 g/mol. The van der Waals surface area contributed by atoms with Gasteiger partial charge >= 0.3 is 5.97 Å². The van der Waals surface area contributed by atoms with E-state index in [1.54, 1.807) is 36.4 Å². The average molecular weight is 474 g/mol. The fourth-order valence-electron chi connectivity index (χ4n) is 3.45.